The maximum absolute atomic E-state index is 13.3. The van der Waals surface area contributed by atoms with Gasteiger partial charge in [-0.2, -0.15) is 0 Å². The number of nitrogens with zero attached hydrogens (tertiary/aromatic N) is 5. The molecule has 2 heterocycles. The molecule has 27 heavy (non-hydrogen) atoms. The van der Waals surface area contributed by atoms with Crippen molar-refractivity contribution in [1.82, 2.24) is 24.6 Å². The second-order valence-electron chi connectivity index (χ2n) is 8.35. The van der Waals surface area contributed by atoms with Crippen molar-refractivity contribution in [3.8, 4) is 0 Å². The number of aromatic nitrogens is 3. The van der Waals surface area contributed by atoms with Crippen molar-refractivity contribution in [1.29, 1.82) is 0 Å². The molecule has 0 spiro atoms. The van der Waals surface area contributed by atoms with E-state index in [9.17, 15) is 4.79 Å². The largest absolute Gasteiger partial charge is 0.341 e. The molecule has 0 radical (unpaired) electrons. The number of amides is 1. The summed E-state index contributed by atoms with van der Waals surface area (Å²) < 4.78 is 2.10. The maximum atomic E-state index is 13.3. The molecule has 1 saturated heterocycles. The Morgan fingerprint density at radius 1 is 1.22 bits per heavy atom. The van der Waals surface area contributed by atoms with Gasteiger partial charge in [0.1, 0.15) is 11.6 Å². The summed E-state index contributed by atoms with van der Waals surface area (Å²) in [6.07, 6.45) is 2.04. The highest BCUT2D eigenvalue weighted by atomic mass is 16.2. The molecule has 1 aromatic carbocycles. The highest BCUT2D eigenvalue weighted by molar-refractivity contribution is 5.87. The summed E-state index contributed by atoms with van der Waals surface area (Å²) in [4.78, 5) is 17.4. The summed E-state index contributed by atoms with van der Waals surface area (Å²) in [7, 11) is 6.09. The number of carbonyl (C=O) groups is 1. The van der Waals surface area contributed by atoms with Crippen LogP contribution in [0.2, 0.25) is 0 Å². The predicted molar refractivity (Wildman–Crippen MR) is 106 cm³/mol. The SMILES string of the molecule is CN(C)Cc1nnc(C2CCCN(C(=O)C(C)(C)c3ccccc3)C2)n1C. The van der Waals surface area contributed by atoms with E-state index in [4.69, 9.17) is 0 Å². The van der Waals surface area contributed by atoms with Gasteiger partial charge in [-0.05, 0) is 46.3 Å². The van der Waals surface area contributed by atoms with Crippen LogP contribution in [0.1, 0.15) is 49.8 Å². The monoisotopic (exact) mass is 369 g/mol. The molecule has 0 N–H and O–H groups in total. The molecule has 1 unspecified atom stereocenters. The topological polar surface area (TPSA) is 54.3 Å². The number of carbonyl (C=O) groups excluding carboxylic acids is 1. The average Bonchev–Trinajstić information content (AvgIpc) is 3.01. The van der Waals surface area contributed by atoms with Crippen molar-refractivity contribution < 1.29 is 4.79 Å². The van der Waals surface area contributed by atoms with Crippen LogP contribution in [0.15, 0.2) is 30.3 Å². The second kappa shape index (κ2) is 7.80. The molecule has 6 nitrogen and oxygen atoms in total. The summed E-state index contributed by atoms with van der Waals surface area (Å²) in [6.45, 7) is 6.33. The van der Waals surface area contributed by atoms with Crippen molar-refractivity contribution in [3.05, 3.63) is 47.5 Å². The first-order valence-corrected chi connectivity index (χ1v) is 9.68. The second-order valence-corrected chi connectivity index (χ2v) is 8.35. The number of likely N-dealkylation sites (tertiary alicyclic amines) is 1. The number of piperidine rings is 1. The van der Waals surface area contributed by atoms with E-state index in [2.05, 4.69) is 19.7 Å². The molecular weight excluding hydrogens is 338 g/mol. The Labute approximate surface area is 162 Å². The van der Waals surface area contributed by atoms with Crippen molar-refractivity contribution >= 4 is 5.91 Å². The van der Waals surface area contributed by atoms with Gasteiger partial charge in [0.15, 0.2) is 0 Å². The van der Waals surface area contributed by atoms with Gasteiger partial charge in [0.05, 0.1) is 12.0 Å². The van der Waals surface area contributed by atoms with E-state index in [1.807, 2.05) is 70.2 Å². The highest BCUT2D eigenvalue weighted by Gasteiger charge is 2.37. The lowest BCUT2D eigenvalue weighted by molar-refractivity contribution is -0.137. The van der Waals surface area contributed by atoms with Gasteiger partial charge in [-0.3, -0.25) is 4.79 Å². The number of benzene rings is 1. The molecule has 1 aliphatic rings. The van der Waals surface area contributed by atoms with Crippen molar-refractivity contribution in [2.75, 3.05) is 27.2 Å². The zero-order chi connectivity index (χ0) is 19.6. The zero-order valence-corrected chi connectivity index (χ0v) is 17.1. The normalized spacial score (nSPS) is 18.1. The minimum absolute atomic E-state index is 0.189. The van der Waals surface area contributed by atoms with Crippen LogP contribution < -0.4 is 0 Å². The third-order valence-electron chi connectivity index (χ3n) is 5.56. The van der Waals surface area contributed by atoms with Gasteiger partial charge in [-0.25, -0.2) is 0 Å². The van der Waals surface area contributed by atoms with Gasteiger partial charge in [-0.15, -0.1) is 10.2 Å². The van der Waals surface area contributed by atoms with Gasteiger partial charge in [0.25, 0.3) is 0 Å². The standard InChI is InChI=1S/C21H31N5O/c1-21(2,17-11-7-6-8-12-17)20(27)26-13-9-10-16(14-26)19-23-22-18(25(19)5)15-24(3)4/h6-8,11-12,16H,9-10,13-15H2,1-5H3. The molecule has 6 heteroatoms. The first-order chi connectivity index (χ1) is 12.8. The molecule has 0 aliphatic carbocycles. The Morgan fingerprint density at radius 3 is 2.59 bits per heavy atom. The third kappa shape index (κ3) is 4.05. The summed E-state index contributed by atoms with van der Waals surface area (Å²) in [5, 5.41) is 8.82. The highest BCUT2D eigenvalue weighted by Crippen LogP contribution is 2.31. The average molecular weight is 370 g/mol. The fourth-order valence-electron chi connectivity index (χ4n) is 3.90. The number of rotatable bonds is 5. The van der Waals surface area contributed by atoms with Crippen LogP contribution in [-0.4, -0.2) is 57.7 Å². The van der Waals surface area contributed by atoms with E-state index >= 15 is 0 Å². The Balaban J connectivity index is 1.76. The van der Waals surface area contributed by atoms with Crippen molar-refractivity contribution in [2.24, 2.45) is 7.05 Å². The molecule has 1 aliphatic heterocycles. The summed E-state index contributed by atoms with van der Waals surface area (Å²) in [6, 6.07) is 10.1. The van der Waals surface area contributed by atoms with Gasteiger partial charge < -0.3 is 14.4 Å². The third-order valence-corrected chi connectivity index (χ3v) is 5.56. The quantitative estimate of drug-likeness (QED) is 0.813. The molecule has 2 aromatic rings. The van der Waals surface area contributed by atoms with E-state index in [0.717, 1.165) is 43.1 Å². The molecule has 3 rings (SSSR count). The molecule has 1 amide bonds. The molecule has 1 atom stereocenters. The zero-order valence-electron chi connectivity index (χ0n) is 17.1. The van der Waals surface area contributed by atoms with Crippen LogP contribution in [0.5, 0.6) is 0 Å². The van der Waals surface area contributed by atoms with Crippen molar-refractivity contribution in [2.45, 2.75) is 44.6 Å². The number of hydrogen-bond donors (Lipinski definition) is 0. The lowest BCUT2D eigenvalue weighted by atomic mass is 9.82. The van der Waals surface area contributed by atoms with Crippen LogP contribution >= 0.6 is 0 Å². The fourth-order valence-corrected chi connectivity index (χ4v) is 3.90. The summed E-state index contributed by atoms with van der Waals surface area (Å²) in [5.41, 5.74) is 0.531. The summed E-state index contributed by atoms with van der Waals surface area (Å²) >= 11 is 0. The molecular formula is C21H31N5O. The van der Waals surface area contributed by atoms with E-state index in [-0.39, 0.29) is 11.8 Å². The van der Waals surface area contributed by atoms with E-state index in [0.29, 0.717) is 6.54 Å². The first-order valence-electron chi connectivity index (χ1n) is 9.68. The molecule has 0 saturated carbocycles. The predicted octanol–water partition coefficient (Wildman–Crippen LogP) is 2.56. The van der Waals surface area contributed by atoms with Crippen molar-refractivity contribution in [3.63, 3.8) is 0 Å². The maximum Gasteiger partial charge on any atom is 0.232 e. The van der Waals surface area contributed by atoms with Crippen LogP contribution in [0.3, 0.4) is 0 Å². The molecule has 146 valence electrons. The fraction of sp³-hybridized carbons (Fsp3) is 0.571. The van der Waals surface area contributed by atoms with Crippen LogP contribution in [-0.2, 0) is 23.8 Å². The Kier molecular flexibility index (Phi) is 5.65. The van der Waals surface area contributed by atoms with E-state index in [1.165, 1.54) is 0 Å². The van der Waals surface area contributed by atoms with E-state index in [1.54, 1.807) is 0 Å². The van der Waals surface area contributed by atoms with Crippen LogP contribution in [0.4, 0.5) is 0 Å². The lowest BCUT2D eigenvalue weighted by Crippen LogP contribution is -2.47. The van der Waals surface area contributed by atoms with Gasteiger partial charge in [-0.1, -0.05) is 30.3 Å². The first kappa shape index (κ1) is 19.5. The Bertz CT molecular complexity index is 781. The minimum atomic E-state index is -0.529. The number of hydrogen-bond acceptors (Lipinski definition) is 4. The summed E-state index contributed by atoms with van der Waals surface area (Å²) in [5.74, 6) is 2.38. The molecule has 1 fully saturated rings. The van der Waals surface area contributed by atoms with Crippen LogP contribution in [0.25, 0.3) is 0 Å². The van der Waals surface area contributed by atoms with E-state index < -0.39 is 5.41 Å². The molecule has 1 aromatic heterocycles. The Morgan fingerprint density at radius 2 is 1.93 bits per heavy atom. The minimum Gasteiger partial charge on any atom is -0.341 e. The van der Waals surface area contributed by atoms with Gasteiger partial charge >= 0.3 is 0 Å². The lowest BCUT2D eigenvalue weighted by Gasteiger charge is -2.37. The molecule has 0 bridgehead atoms. The Hall–Kier alpha value is -2.21. The van der Waals surface area contributed by atoms with Crippen LogP contribution in [0, 0.1) is 0 Å². The smallest absolute Gasteiger partial charge is 0.232 e. The van der Waals surface area contributed by atoms with Gasteiger partial charge in [0, 0.05) is 26.1 Å². The van der Waals surface area contributed by atoms with Gasteiger partial charge in [0.2, 0.25) is 5.91 Å².